The molecule has 0 saturated heterocycles. The Morgan fingerprint density at radius 1 is 1.25 bits per heavy atom. The van der Waals surface area contributed by atoms with E-state index < -0.39 is 0 Å². The second kappa shape index (κ2) is 1.85. The molecule has 3 aromatic rings. The Bertz CT molecular complexity index is 533. The summed E-state index contributed by atoms with van der Waals surface area (Å²) < 4.78 is 1.91. The van der Waals surface area contributed by atoms with E-state index in [-0.39, 0.29) is 0 Å². The summed E-state index contributed by atoms with van der Waals surface area (Å²) in [5, 5.41) is 3.02. The lowest BCUT2D eigenvalue weighted by Gasteiger charge is -1.81. The smallest absolute Gasteiger partial charge is 0.237 e. The molecule has 0 aliphatic rings. The predicted molar refractivity (Wildman–Crippen MR) is 43.6 cm³/mol. The van der Waals surface area contributed by atoms with E-state index in [9.17, 15) is 0 Å². The van der Waals surface area contributed by atoms with Crippen LogP contribution >= 0.6 is 0 Å². The number of nitrogens with zero attached hydrogens (tertiary/aromatic N) is 2. The third kappa shape index (κ3) is 0.567. The number of nitrogens with one attached hydrogen (secondary N) is 2. The number of benzene rings is 1. The van der Waals surface area contributed by atoms with Crippen LogP contribution in [0.2, 0.25) is 0 Å². The van der Waals surface area contributed by atoms with Gasteiger partial charge in [-0.2, -0.15) is 0 Å². The molecule has 4 heteroatoms. The van der Waals surface area contributed by atoms with Gasteiger partial charge in [0.15, 0.2) is 11.8 Å². The van der Waals surface area contributed by atoms with Crippen LogP contribution in [0, 0.1) is 0 Å². The SMILES string of the molecule is c1ccc2c(c1)[nH]c1nc[nH][n+]12. The number of aromatic amines is 2. The molecule has 12 heavy (non-hydrogen) atoms. The van der Waals surface area contributed by atoms with Crippen molar-refractivity contribution in [2.75, 3.05) is 0 Å². The van der Waals surface area contributed by atoms with E-state index in [0.29, 0.717) is 0 Å². The van der Waals surface area contributed by atoms with Crippen molar-refractivity contribution in [2.24, 2.45) is 0 Å². The van der Waals surface area contributed by atoms with E-state index in [0.717, 1.165) is 16.8 Å². The Morgan fingerprint density at radius 2 is 2.17 bits per heavy atom. The van der Waals surface area contributed by atoms with Gasteiger partial charge in [-0.25, -0.2) is 10.1 Å². The first kappa shape index (κ1) is 5.77. The van der Waals surface area contributed by atoms with Gasteiger partial charge in [0, 0.05) is 0 Å². The predicted octanol–water partition coefficient (Wildman–Crippen LogP) is 0.630. The molecule has 2 aromatic heterocycles. The minimum Gasteiger partial charge on any atom is -0.237 e. The molecule has 0 bridgehead atoms. The first-order chi connectivity index (χ1) is 5.95. The van der Waals surface area contributed by atoms with Gasteiger partial charge in [0.25, 0.3) is 0 Å². The largest absolute Gasteiger partial charge is 0.421 e. The normalized spacial score (nSPS) is 11.3. The highest BCUT2D eigenvalue weighted by molar-refractivity contribution is 5.72. The lowest BCUT2D eigenvalue weighted by Crippen LogP contribution is -2.20. The van der Waals surface area contributed by atoms with E-state index >= 15 is 0 Å². The van der Waals surface area contributed by atoms with Crippen LogP contribution in [0.15, 0.2) is 30.6 Å². The summed E-state index contributed by atoms with van der Waals surface area (Å²) in [5.74, 6) is 0.844. The summed E-state index contributed by atoms with van der Waals surface area (Å²) in [4.78, 5) is 7.29. The lowest BCUT2D eigenvalue weighted by molar-refractivity contribution is -0.548. The molecule has 0 spiro atoms. The topological polar surface area (TPSA) is 48.6 Å². The van der Waals surface area contributed by atoms with Crippen molar-refractivity contribution in [3.05, 3.63) is 30.6 Å². The zero-order valence-corrected chi connectivity index (χ0v) is 6.28. The first-order valence-electron chi connectivity index (χ1n) is 3.77. The number of para-hydroxylation sites is 2. The second-order valence-electron chi connectivity index (χ2n) is 2.69. The highest BCUT2D eigenvalue weighted by atomic mass is 15.3. The van der Waals surface area contributed by atoms with Crippen LogP contribution in [0.3, 0.4) is 0 Å². The number of hydrogen-bond acceptors (Lipinski definition) is 1. The third-order valence-electron chi connectivity index (χ3n) is 1.98. The van der Waals surface area contributed by atoms with Gasteiger partial charge >= 0.3 is 5.78 Å². The molecule has 0 aliphatic heterocycles. The molecule has 2 N–H and O–H groups in total. The minimum atomic E-state index is 0.844. The van der Waals surface area contributed by atoms with Crippen LogP contribution in [-0.2, 0) is 0 Å². The Hall–Kier alpha value is -1.84. The number of imidazole rings is 1. The van der Waals surface area contributed by atoms with Crippen molar-refractivity contribution < 1.29 is 4.52 Å². The fraction of sp³-hybridized carbons (Fsp3) is 0. The molecular formula is C8H7N4+. The van der Waals surface area contributed by atoms with Crippen molar-refractivity contribution in [1.29, 1.82) is 0 Å². The zero-order valence-electron chi connectivity index (χ0n) is 6.28. The van der Waals surface area contributed by atoms with E-state index in [4.69, 9.17) is 0 Å². The quantitative estimate of drug-likeness (QED) is 0.464. The van der Waals surface area contributed by atoms with Crippen LogP contribution in [-0.4, -0.2) is 15.1 Å². The van der Waals surface area contributed by atoms with Gasteiger partial charge in [-0.1, -0.05) is 17.1 Å². The Labute approximate surface area is 67.8 Å². The summed E-state index contributed by atoms with van der Waals surface area (Å²) in [6.45, 7) is 0. The van der Waals surface area contributed by atoms with Gasteiger partial charge < -0.3 is 0 Å². The molecule has 0 atom stereocenters. The van der Waals surface area contributed by atoms with Crippen LogP contribution in [0.5, 0.6) is 0 Å². The summed E-state index contributed by atoms with van der Waals surface area (Å²) in [6, 6.07) is 8.07. The van der Waals surface area contributed by atoms with E-state index in [2.05, 4.69) is 15.1 Å². The molecule has 3 rings (SSSR count). The monoisotopic (exact) mass is 159 g/mol. The summed E-state index contributed by atoms with van der Waals surface area (Å²) in [7, 11) is 0. The fourth-order valence-corrected chi connectivity index (χ4v) is 1.43. The van der Waals surface area contributed by atoms with Crippen molar-refractivity contribution in [1.82, 2.24) is 15.1 Å². The molecule has 0 fully saturated rings. The molecule has 0 amide bonds. The first-order valence-corrected chi connectivity index (χ1v) is 3.77. The molecule has 58 valence electrons. The summed E-state index contributed by atoms with van der Waals surface area (Å²) >= 11 is 0. The van der Waals surface area contributed by atoms with Crippen LogP contribution < -0.4 is 4.52 Å². The van der Waals surface area contributed by atoms with Crippen molar-refractivity contribution in [3.63, 3.8) is 0 Å². The minimum absolute atomic E-state index is 0.844. The van der Waals surface area contributed by atoms with Crippen molar-refractivity contribution in [2.45, 2.75) is 0 Å². The Morgan fingerprint density at radius 3 is 3.17 bits per heavy atom. The van der Waals surface area contributed by atoms with E-state index in [1.165, 1.54) is 0 Å². The standard InChI is InChI=1S/C8H6N4/c1-2-4-7-6(3-1)11-8-9-5-10-12(7)8/h1-5H,(H,9,10,11)/p+1. The molecule has 4 nitrogen and oxygen atoms in total. The molecule has 0 radical (unpaired) electrons. The zero-order chi connectivity index (χ0) is 7.97. The highest BCUT2D eigenvalue weighted by Gasteiger charge is 2.10. The number of aromatic nitrogens is 4. The number of rotatable bonds is 0. The molecule has 0 aliphatic carbocycles. The number of hydrogen-bond donors (Lipinski definition) is 2. The third-order valence-corrected chi connectivity index (χ3v) is 1.98. The van der Waals surface area contributed by atoms with Gasteiger partial charge in [-0.05, 0) is 12.1 Å². The Kier molecular flexibility index (Phi) is 0.889. The van der Waals surface area contributed by atoms with Crippen LogP contribution in [0.4, 0.5) is 0 Å². The second-order valence-corrected chi connectivity index (χ2v) is 2.69. The van der Waals surface area contributed by atoms with Gasteiger partial charge in [-0.3, -0.25) is 0 Å². The van der Waals surface area contributed by atoms with Crippen LogP contribution in [0.25, 0.3) is 16.8 Å². The number of fused-ring (bicyclic) bond motifs is 3. The van der Waals surface area contributed by atoms with Crippen molar-refractivity contribution in [3.8, 4) is 0 Å². The Balaban J connectivity index is 2.68. The highest BCUT2D eigenvalue weighted by Crippen LogP contribution is 2.06. The summed E-state index contributed by atoms with van der Waals surface area (Å²) in [6.07, 6.45) is 1.66. The maximum absolute atomic E-state index is 4.11. The molecule has 0 unspecified atom stereocenters. The maximum atomic E-state index is 4.11. The molecule has 1 aromatic carbocycles. The fourth-order valence-electron chi connectivity index (χ4n) is 1.43. The van der Waals surface area contributed by atoms with E-state index in [1.807, 2.05) is 28.8 Å². The summed E-state index contributed by atoms with van der Waals surface area (Å²) in [5.41, 5.74) is 2.21. The van der Waals surface area contributed by atoms with Gasteiger partial charge in [0.1, 0.15) is 5.52 Å². The van der Waals surface area contributed by atoms with E-state index in [1.54, 1.807) is 6.33 Å². The van der Waals surface area contributed by atoms with Gasteiger partial charge in [-0.15, -0.1) is 4.52 Å². The van der Waals surface area contributed by atoms with Crippen molar-refractivity contribution >= 4 is 16.8 Å². The van der Waals surface area contributed by atoms with Gasteiger partial charge in [0.2, 0.25) is 0 Å². The maximum Gasteiger partial charge on any atom is 0.421 e. The molecule has 0 saturated carbocycles. The average molecular weight is 159 g/mol. The molecular weight excluding hydrogens is 152 g/mol. The number of H-pyrrole nitrogens is 2. The lowest BCUT2D eigenvalue weighted by atomic mass is 10.3. The van der Waals surface area contributed by atoms with Crippen LogP contribution in [0.1, 0.15) is 0 Å². The molecule has 2 heterocycles. The van der Waals surface area contributed by atoms with Gasteiger partial charge in [0.05, 0.1) is 0 Å². The average Bonchev–Trinajstić information content (AvgIpc) is 2.62.